The van der Waals surface area contributed by atoms with Crippen molar-refractivity contribution in [1.29, 1.82) is 0 Å². The zero-order valence-electron chi connectivity index (χ0n) is 23.8. The molecule has 0 amide bonds. The van der Waals surface area contributed by atoms with Crippen LogP contribution in [0.5, 0.6) is 11.5 Å². The Bertz CT molecular complexity index is 1720. The molecule has 0 unspecified atom stereocenters. The van der Waals surface area contributed by atoms with Crippen LogP contribution in [0.2, 0.25) is 0 Å². The molecule has 8 rings (SSSR count). The topological polar surface area (TPSA) is 18.5 Å². The van der Waals surface area contributed by atoms with E-state index in [1.165, 1.54) is 44.5 Å². The molecule has 0 aromatic heterocycles. The van der Waals surface area contributed by atoms with Crippen molar-refractivity contribution in [3.8, 4) is 33.8 Å². The first kappa shape index (κ1) is 25.9. The lowest BCUT2D eigenvalue weighted by Crippen LogP contribution is -2.34. The Balaban J connectivity index is 0.000000137. The molecule has 0 fully saturated rings. The molecule has 6 aromatic carbocycles. The highest BCUT2D eigenvalue weighted by Crippen LogP contribution is 2.49. The third-order valence-corrected chi connectivity index (χ3v) is 8.51. The quantitative estimate of drug-likeness (QED) is 0.216. The first-order chi connectivity index (χ1) is 20.6. The van der Waals surface area contributed by atoms with E-state index in [0.717, 1.165) is 11.5 Å². The van der Waals surface area contributed by atoms with Gasteiger partial charge in [-0.3, -0.25) is 0 Å². The molecule has 42 heavy (non-hydrogen) atoms. The van der Waals surface area contributed by atoms with Crippen LogP contribution in [0, 0.1) is 0 Å². The van der Waals surface area contributed by atoms with Gasteiger partial charge in [0.1, 0.15) is 11.5 Å². The summed E-state index contributed by atoms with van der Waals surface area (Å²) in [4.78, 5) is 0. The fourth-order valence-electron chi connectivity index (χ4n) is 6.32. The highest BCUT2D eigenvalue weighted by atomic mass is 16.5. The van der Waals surface area contributed by atoms with Gasteiger partial charge in [0.25, 0.3) is 0 Å². The number of ether oxygens (including phenoxy) is 2. The van der Waals surface area contributed by atoms with Crippen molar-refractivity contribution in [2.24, 2.45) is 0 Å². The maximum absolute atomic E-state index is 6.43. The first-order valence-corrected chi connectivity index (χ1v) is 14.4. The van der Waals surface area contributed by atoms with Crippen LogP contribution >= 0.6 is 0 Å². The molecular formula is C40H32O2. The molecule has 0 saturated carbocycles. The molecular weight excluding hydrogens is 512 g/mol. The van der Waals surface area contributed by atoms with Gasteiger partial charge < -0.3 is 9.47 Å². The van der Waals surface area contributed by atoms with Gasteiger partial charge >= 0.3 is 0 Å². The molecule has 0 N–H and O–H groups in total. The van der Waals surface area contributed by atoms with E-state index in [2.05, 4.69) is 135 Å². The van der Waals surface area contributed by atoms with E-state index in [4.69, 9.17) is 9.47 Å². The van der Waals surface area contributed by atoms with Crippen LogP contribution < -0.4 is 9.47 Å². The average molecular weight is 545 g/mol. The summed E-state index contributed by atoms with van der Waals surface area (Å²) in [5.41, 5.74) is 8.72. The van der Waals surface area contributed by atoms with Gasteiger partial charge in [-0.1, -0.05) is 146 Å². The van der Waals surface area contributed by atoms with Crippen LogP contribution in [0.25, 0.3) is 22.3 Å². The van der Waals surface area contributed by atoms with Crippen LogP contribution in [0.15, 0.2) is 158 Å². The van der Waals surface area contributed by atoms with Crippen molar-refractivity contribution in [3.05, 3.63) is 180 Å². The Morgan fingerprint density at radius 1 is 0.333 bits per heavy atom. The van der Waals surface area contributed by atoms with Gasteiger partial charge in [0.2, 0.25) is 0 Å². The van der Waals surface area contributed by atoms with Gasteiger partial charge in [-0.2, -0.15) is 0 Å². The van der Waals surface area contributed by atoms with Crippen molar-refractivity contribution >= 4 is 0 Å². The summed E-state index contributed by atoms with van der Waals surface area (Å²) in [7, 11) is 0. The molecule has 2 nitrogen and oxygen atoms in total. The van der Waals surface area contributed by atoms with Crippen LogP contribution in [-0.4, -0.2) is 0 Å². The lowest BCUT2D eigenvalue weighted by atomic mass is 9.81. The smallest absolute Gasteiger partial charge is 0.157 e. The Kier molecular flexibility index (Phi) is 6.40. The second kappa shape index (κ2) is 10.4. The zero-order valence-corrected chi connectivity index (χ0v) is 23.8. The van der Waals surface area contributed by atoms with Crippen molar-refractivity contribution in [3.63, 3.8) is 0 Å². The predicted octanol–water partition coefficient (Wildman–Crippen LogP) is 10.0. The summed E-state index contributed by atoms with van der Waals surface area (Å²) in [6.07, 6.45) is 0. The summed E-state index contributed by atoms with van der Waals surface area (Å²) >= 11 is 0. The third-order valence-electron chi connectivity index (χ3n) is 8.51. The SMILES string of the molecule is C[C@@]1(c2ccccc2)Oc2ccccc2-c2ccccc21.C[C@]1(c2ccccc2)Oc2ccccc2-c2ccccc21. The van der Waals surface area contributed by atoms with E-state index in [9.17, 15) is 0 Å². The molecule has 0 saturated heterocycles. The molecule has 2 heterocycles. The van der Waals surface area contributed by atoms with E-state index in [1.807, 2.05) is 36.4 Å². The zero-order chi connectivity index (χ0) is 28.6. The summed E-state index contributed by atoms with van der Waals surface area (Å²) in [5, 5.41) is 0. The first-order valence-electron chi connectivity index (χ1n) is 14.4. The maximum atomic E-state index is 6.43. The molecule has 2 aliphatic rings. The van der Waals surface area contributed by atoms with Gasteiger partial charge in [-0.05, 0) is 48.2 Å². The number of fused-ring (bicyclic) bond motifs is 6. The van der Waals surface area contributed by atoms with E-state index in [-0.39, 0.29) is 0 Å². The van der Waals surface area contributed by atoms with Gasteiger partial charge in [0.05, 0.1) is 0 Å². The van der Waals surface area contributed by atoms with Crippen LogP contribution in [0.1, 0.15) is 36.1 Å². The highest BCUT2D eigenvalue weighted by Gasteiger charge is 2.39. The van der Waals surface area contributed by atoms with Crippen molar-refractivity contribution < 1.29 is 9.47 Å². The Morgan fingerprint density at radius 3 is 1.05 bits per heavy atom. The fourth-order valence-corrected chi connectivity index (χ4v) is 6.32. The molecule has 2 heteroatoms. The summed E-state index contributed by atoms with van der Waals surface area (Å²) < 4.78 is 12.9. The highest BCUT2D eigenvalue weighted by molar-refractivity contribution is 5.78. The van der Waals surface area contributed by atoms with Crippen LogP contribution in [0.3, 0.4) is 0 Å². The molecule has 6 aromatic rings. The largest absolute Gasteiger partial charge is 0.477 e. The predicted molar refractivity (Wildman–Crippen MR) is 171 cm³/mol. The summed E-state index contributed by atoms with van der Waals surface area (Å²) in [5.74, 6) is 1.89. The molecule has 2 atom stereocenters. The minimum atomic E-state index is -0.452. The second-order valence-electron chi connectivity index (χ2n) is 11.1. The van der Waals surface area contributed by atoms with Gasteiger partial charge in [0, 0.05) is 22.3 Å². The lowest BCUT2D eigenvalue weighted by Gasteiger charge is -2.38. The second-order valence-corrected chi connectivity index (χ2v) is 11.1. The summed E-state index contributed by atoms with van der Waals surface area (Å²) in [6, 6.07) is 54.4. The van der Waals surface area contributed by atoms with E-state index >= 15 is 0 Å². The molecule has 2 aliphatic heterocycles. The van der Waals surface area contributed by atoms with Crippen LogP contribution in [-0.2, 0) is 11.2 Å². The number of hydrogen-bond donors (Lipinski definition) is 0. The fraction of sp³-hybridized carbons (Fsp3) is 0.100. The monoisotopic (exact) mass is 544 g/mol. The average Bonchev–Trinajstić information content (AvgIpc) is 3.06. The normalized spacial score (nSPS) is 19.3. The third kappa shape index (κ3) is 4.28. The molecule has 0 radical (unpaired) electrons. The van der Waals surface area contributed by atoms with Crippen LogP contribution in [0.4, 0.5) is 0 Å². The summed E-state index contributed by atoms with van der Waals surface area (Å²) in [6.45, 7) is 4.30. The maximum Gasteiger partial charge on any atom is 0.157 e. The van der Waals surface area contributed by atoms with E-state index in [1.54, 1.807) is 0 Å². The Hall–Kier alpha value is -5.08. The molecule has 0 bridgehead atoms. The molecule has 204 valence electrons. The Labute approximate surface area is 247 Å². The lowest BCUT2D eigenvalue weighted by molar-refractivity contribution is 0.129. The molecule has 0 aliphatic carbocycles. The Morgan fingerprint density at radius 2 is 0.643 bits per heavy atom. The minimum Gasteiger partial charge on any atom is -0.477 e. The van der Waals surface area contributed by atoms with Gasteiger partial charge in [-0.25, -0.2) is 0 Å². The minimum absolute atomic E-state index is 0.452. The van der Waals surface area contributed by atoms with E-state index < -0.39 is 11.2 Å². The van der Waals surface area contributed by atoms with E-state index in [0.29, 0.717) is 0 Å². The standard InChI is InChI=1S/2C20H16O/c2*1-20(15-9-3-2-4-10-15)18-13-7-5-11-16(18)17-12-6-8-14-19(17)21-20/h2*2-14H,1H3/t2*20-/m10/s1. The number of para-hydroxylation sites is 2. The number of rotatable bonds is 2. The van der Waals surface area contributed by atoms with Gasteiger partial charge in [-0.15, -0.1) is 0 Å². The van der Waals surface area contributed by atoms with Crippen molar-refractivity contribution in [2.75, 3.05) is 0 Å². The number of hydrogen-bond acceptors (Lipinski definition) is 2. The molecule has 0 spiro atoms. The van der Waals surface area contributed by atoms with Crippen molar-refractivity contribution in [2.45, 2.75) is 25.0 Å². The number of benzene rings is 6. The van der Waals surface area contributed by atoms with Crippen molar-refractivity contribution in [1.82, 2.24) is 0 Å². The van der Waals surface area contributed by atoms with Gasteiger partial charge in [0.15, 0.2) is 11.2 Å².